The second kappa shape index (κ2) is 11.1. The molecular formula is C33H36N4O5. The Morgan fingerprint density at radius 3 is 2.71 bits per heavy atom. The number of carbonyl (C=O) groups is 3. The summed E-state index contributed by atoms with van der Waals surface area (Å²) in [5, 5.41) is 3.52. The van der Waals surface area contributed by atoms with Gasteiger partial charge >= 0.3 is 0 Å². The van der Waals surface area contributed by atoms with Gasteiger partial charge in [0.2, 0.25) is 11.8 Å². The lowest BCUT2D eigenvalue weighted by atomic mass is 10.0. The molecule has 1 aliphatic carbocycles. The molecule has 9 heteroatoms. The van der Waals surface area contributed by atoms with Gasteiger partial charge in [0.05, 0.1) is 11.6 Å². The molecule has 1 aromatic heterocycles. The zero-order valence-electron chi connectivity index (χ0n) is 23.9. The molecule has 2 saturated heterocycles. The molecule has 4 atom stereocenters. The average Bonchev–Trinajstić information content (AvgIpc) is 3.72. The zero-order valence-corrected chi connectivity index (χ0v) is 23.9. The smallest absolute Gasteiger partial charge is 0.255 e. The van der Waals surface area contributed by atoms with Crippen molar-refractivity contribution in [3.05, 3.63) is 70.9 Å². The Morgan fingerprint density at radius 1 is 0.976 bits per heavy atom. The molecule has 1 N–H and O–H groups in total. The number of hydrogen-bond acceptors (Lipinski definition) is 7. The van der Waals surface area contributed by atoms with Crippen LogP contribution < -0.4 is 10.1 Å². The predicted octanol–water partition coefficient (Wildman–Crippen LogP) is 3.93. The molecule has 3 aliphatic heterocycles. The molecule has 0 radical (unpaired) electrons. The molecule has 0 bridgehead atoms. The lowest BCUT2D eigenvalue weighted by molar-refractivity contribution is -0.136. The highest BCUT2D eigenvalue weighted by atomic mass is 16.5. The first-order valence-electron chi connectivity index (χ1n) is 15.0. The third kappa shape index (κ3) is 5.27. The molecule has 0 spiro atoms. The van der Waals surface area contributed by atoms with Gasteiger partial charge in [0, 0.05) is 62.3 Å². The minimum Gasteiger partial charge on any atom is -0.489 e. The Hall–Kier alpha value is -3.82. The molecule has 4 heterocycles. The lowest BCUT2D eigenvalue weighted by Gasteiger charge is -2.29. The van der Waals surface area contributed by atoms with E-state index in [4.69, 9.17) is 14.5 Å². The predicted molar refractivity (Wildman–Crippen MR) is 156 cm³/mol. The quantitative estimate of drug-likeness (QED) is 0.431. The largest absolute Gasteiger partial charge is 0.489 e. The fourth-order valence-corrected chi connectivity index (χ4v) is 7.05. The van der Waals surface area contributed by atoms with Gasteiger partial charge in [0.1, 0.15) is 17.9 Å². The van der Waals surface area contributed by atoms with Crippen LogP contribution in [0.4, 0.5) is 0 Å². The highest BCUT2D eigenvalue weighted by Crippen LogP contribution is 2.36. The van der Waals surface area contributed by atoms with Crippen LogP contribution in [-0.4, -0.2) is 71.0 Å². The second-order valence-corrected chi connectivity index (χ2v) is 12.1. The number of amides is 3. The summed E-state index contributed by atoms with van der Waals surface area (Å²) in [7, 11) is 1.80. The first kappa shape index (κ1) is 27.0. The molecule has 9 nitrogen and oxygen atoms in total. The number of benzene rings is 2. The molecular weight excluding hydrogens is 532 g/mol. The number of nitrogens with zero attached hydrogens (tertiary/aromatic N) is 3. The van der Waals surface area contributed by atoms with E-state index < -0.39 is 11.9 Å². The molecule has 4 aliphatic rings. The van der Waals surface area contributed by atoms with Gasteiger partial charge in [-0.25, -0.2) is 0 Å². The number of hydrogen-bond donors (Lipinski definition) is 1. The molecule has 1 saturated carbocycles. The third-order valence-corrected chi connectivity index (χ3v) is 9.34. The molecule has 42 heavy (non-hydrogen) atoms. The van der Waals surface area contributed by atoms with Crippen molar-refractivity contribution in [2.24, 2.45) is 0 Å². The molecule has 2 aromatic carbocycles. The van der Waals surface area contributed by atoms with Gasteiger partial charge in [-0.1, -0.05) is 12.1 Å². The van der Waals surface area contributed by atoms with Crippen molar-refractivity contribution in [2.45, 2.75) is 75.8 Å². The summed E-state index contributed by atoms with van der Waals surface area (Å²) < 4.78 is 11.9. The highest BCUT2D eigenvalue weighted by molar-refractivity contribution is 6.05. The first-order valence-corrected chi connectivity index (χ1v) is 15.0. The van der Waals surface area contributed by atoms with Crippen molar-refractivity contribution in [3.63, 3.8) is 0 Å². The average molecular weight is 569 g/mol. The van der Waals surface area contributed by atoms with Crippen molar-refractivity contribution in [2.75, 3.05) is 20.2 Å². The van der Waals surface area contributed by atoms with Crippen LogP contribution in [0.15, 0.2) is 48.5 Å². The Bertz CT molecular complexity index is 1560. The Balaban J connectivity index is 0.954. The minimum absolute atomic E-state index is 0.0680. The third-order valence-electron chi connectivity index (χ3n) is 9.34. The fraction of sp³-hybridized carbons (Fsp3) is 0.455. The van der Waals surface area contributed by atoms with Crippen molar-refractivity contribution in [3.8, 4) is 5.75 Å². The first-order chi connectivity index (χ1) is 20.4. The van der Waals surface area contributed by atoms with E-state index in [1.807, 2.05) is 12.1 Å². The second-order valence-electron chi connectivity index (χ2n) is 12.1. The number of pyridine rings is 1. The zero-order chi connectivity index (χ0) is 28.8. The van der Waals surface area contributed by atoms with Crippen LogP contribution in [0.5, 0.6) is 5.75 Å². The standard InChI is InChI=1S/C33H36N4O5/c1-41-24-5-3-22(15-24)29-9-4-21-14-20(2-8-28(21)34-29)17-36-13-12-26(19-36)42-25-6-7-27-23(16-25)18-37(33(27)40)30-10-11-31(38)35-32(30)39/h2,4,6-9,14,16,22,24,26,30H,3,5,10-13,15,17-19H2,1H3,(H,35,38,39)/t22-,24+,26+,30?/m1/s1. The summed E-state index contributed by atoms with van der Waals surface area (Å²) in [6, 6.07) is 15.9. The summed E-state index contributed by atoms with van der Waals surface area (Å²) in [4.78, 5) is 45.8. The van der Waals surface area contributed by atoms with Gasteiger partial charge in [-0.15, -0.1) is 0 Å². The van der Waals surface area contributed by atoms with E-state index in [1.54, 1.807) is 18.1 Å². The van der Waals surface area contributed by atoms with E-state index in [1.165, 1.54) is 16.6 Å². The van der Waals surface area contributed by atoms with E-state index in [0.29, 0.717) is 30.6 Å². The van der Waals surface area contributed by atoms with Gasteiger partial charge in [-0.3, -0.25) is 29.6 Å². The van der Waals surface area contributed by atoms with E-state index >= 15 is 0 Å². The number of rotatable bonds is 7. The van der Waals surface area contributed by atoms with Crippen molar-refractivity contribution < 1.29 is 23.9 Å². The monoisotopic (exact) mass is 568 g/mol. The number of nitrogens with one attached hydrogen (secondary N) is 1. The van der Waals surface area contributed by atoms with Gasteiger partial charge in [0.15, 0.2) is 0 Å². The summed E-state index contributed by atoms with van der Waals surface area (Å²) in [5.41, 5.74) is 4.94. The van der Waals surface area contributed by atoms with Crippen molar-refractivity contribution in [1.29, 1.82) is 0 Å². The Kier molecular flexibility index (Phi) is 7.15. The van der Waals surface area contributed by atoms with Crippen LogP contribution in [0, 0.1) is 0 Å². The van der Waals surface area contributed by atoms with Gasteiger partial charge in [0.25, 0.3) is 5.91 Å². The number of methoxy groups -OCH3 is 1. The number of piperidine rings is 1. The molecule has 3 aromatic rings. The Labute approximate surface area is 245 Å². The van der Waals surface area contributed by atoms with Gasteiger partial charge in [-0.05, 0) is 79.6 Å². The topological polar surface area (TPSA) is 101 Å². The number of likely N-dealkylation sites (tertiary alicyclic amines) is 1. The molecule has 218 valence electrons. The summed E-state index contributed by atoms with van der Waals surface area (Å²) in [6.07, 6.45) is 5.25. The normalized spacial score (nSPS) is 26.2. The fourth-order valence-electron chi connectivity index (χ4n) is 7.05. The van der Waals surface area contributed by atoms with Crippen molar-refractivity contribution in [1.82, 2.24) is 20.1 Å². The van der Waals surface area contributed by atoms with Crippen LogP contribution in [0.3, 0.4) is 0 Å². The maximum absolute atomic E-state index is 13.0. The summed E-state index contributed by atoms with van der Waals surface area (Å²) in [5.74, 6) is 0.375. The van der Waals surface area contributed by atoms with Crippen LogP contribution in [0.1, 0.15) is 71.6 Å². The highest BCUT2D eigenvalue weighted by Gasteiger charge is 2.39. The van der Waals surface area contributed by atoms with Crippen LogP contribution in [0.25, 0.3) is 10.9 Å². The maximum Gasteiger partial charge on any atom is 0.255 e. The maximum atomic E-state index is 13.0. The summed E-state index contributed by atoms with van der Waals surface area (Å²) in [6.45, 7) is 2.99. The van der Waals surface area contributed by atoms with Crippen LogP contribution >= 0.6 is 0 Å². The summed E-state index contributed by atoms with van der Waals surface area (Å²) >= 11 is 0. The van der Waals surface area contributed by atoms with E-state index in [2.05, 4.69) is 40.5 Å². The Morgan fingerprint density at radius 2 is 1.88 bits per heavy atom. The molecule has 7 rings (SSSR count). The van der Waals surface area contributed by atoms with Crippen LogP contribution in [-0.2, 0) is 27.4 Å². The number of ether oxygens (including phenoxy) is 2. The SMILES string of the molecule is CO[C@H]1CC[C@@H](c2ccc3cc(CN4CC[C@H](Oc5ccc6c(c5)CN(C5CCC(=O)NC5=O)C6=O)C4)ccc3n2)C1. The van der Waals surface area contributed by atoms with E-state index in [-0.39, 0.29) is 24.3 Å². The molecule has 3 fully saturated rings. The number of aromatic nitrogens is 1. The van der Waals surface area contributed by atoms with Gasteiger partial charge in [-0.2, -0.15) is 0 Å². The molecule has 1 unspecified atom stereocenters. The van der Waals surface area contributed by atoms with Gasteiger partial charge < -0.3 is 14.4 Å². The number of imide groups is 1. The van der Waals surface area contributed by atoms with E-state index in [9.17, 15) is 14.4 Å². The van der Waals surface area contributed by atoms with Crippen molar-refractivity contribution >= 4 is 28.6 Å². The minimum atomic E-state index is -0.612. The number of fused-ring (bicyclic) bond motifs is 2. The van der Waals surface area contributed by atoms with E-state index in [0.717, 1.165) is 62.1 Å². The number of carbonyl (C=O) groups excluding carboxylic acids is 3. The molecule has 3 amide bonds. The van der Waals surface area contributed by atoms with Crippen LogP contribution in [0.2, 0.25) is 0 Å². The lowest BCUT2D eigenvalue weighted by Crippen LogP contribution is -2.52.